The van der Waals surface area contributed by atoms with Crippen molar-refractivity contribution in [3.8, 4) is 11.4 Å². The molecule has 0 aliphatic heterocycles. The third-order valence-corrected chi connectivity index (χ3v) is 2.50. The second kappa shape index (κ2) is 6.62. The molecule has 2 rings (SSSR count). The third kappa shape index (κ3) is 4.11. The third-order valence-electron chi connectivity index (χ3n) is 2.50. The fourth-order valence-electron chi connectivity index (χ4n) is 1.67. The molecular formula is C13H14N4O4. The number of hydrogen-bond acceptors (Lipinski definition) is 5. The molecule has 0 unspecified atom stereocenters. The number of ether oxygens (including phenoxy) is 1. The Hall–Kier alpha value is -2.74. The lowest BCUT2D eigenvalue weighted by Crippen LogP contribution is -2.21. The molecule has 0 spiro atoms. The first kappa shape index (κ1) is 14.7. The number of carboxylic acid groups (broad SMARTS) is 1. The molecule has 0 atom stereocenters. The first-order valence-corrected chi connectivity index (χ1v) is 6.14. The van der Waals surface area contributed by atoms with Gasteiger partial charge < -0.3 is 15.2 Å². The number of nitrogens with zero attached hydrogens (tertiary/aromatic N) is 2. The molecule has 2 aromatic rings. The molecule has 0 aliphatic carbocycles. The number of anilines is 1. The number of rotatable bonds is 6. The van der Waals surface area contributed by atoms with E-state index in [1.54, 1.807) is 31.2 Å². The van der Waals surface area contributed by atoms with Crippen LogP contribution in [0.2, 0.25) is 0 Å². The van der Waals surface area contributed by atoms with Crippen LogP contribution in [0.1, 0.15) is 5.82 Å². The maximum absolute atomic E-state index is 11.7. The predicted molar refractivity (Wildman–Crippen MR) is 73.6 cm³/mol. The highest BCUT2D eigenvalue weighted by atomic mass is 16.5. The number of aryl methyl sites for hydroxylation is 1. The number of para-hydroxylation sites is 1. The number of aliphatic carboxylic acids is 1. The van der Waals surface area contributed by atoms with Gasteiger partial charge in [0, 0.05) is 5.56 Å². The summed E-state index contributed by atoms with van der Waals surface area (Å²) in [6.07, 6.45) is 0. The van der Waals surface area contributed by atoms with E-state index >= 15 is 0 Å². The molecule has 1 aromatic heterocycles. The molecule has 110 valence electrons. The predicted octanol–water partition coefficient (Wildman–Crippen LogP) is 0.820. The molecule has 8 nitrogen and oxygen atoms in total. The first-order valence-electron chi connectivity index (χ1n) is 6.14. The number of aromatic amines is 1. The minimum absolute atomic E-state index is 0.340. The number of H-pyrrole nitrogens is 1. The van der Waals surface area contributed by atoms with Crippen molar-refractivity contribution in [2.45, 2.75) is 6.92 Å². The van der Waals surface area contributed by atoms with E-state index in [-0.39, 0.29) is 6.61 Å². The van der Waals surface area contributed by atoms with Gasteiger partial charge in [0.15, 0.2) is 5.82 Å². The van der Waals surface area contributed by atoms with Gasteiger partial charge in [-0.15, -0.1) is 0 Å². The molecule has 3 N–H and O–H groups in total. The monoisotopic (exact) mass is 290 g/mol. The molecule has 0 saturated heterocycles. The molecule has 1 amide bonds. The Morgan fingerprint density at radius 1 is 1.33 bits per heavy atom. The highest BCUT2D eigenvalue weighted by molar-refractivity contribution is 5.95. The van der Waals surface area contributed by atoms with E-state index < -0.39 is 18.5 Å². The zero-order chi connectivity index (χ0) is 15.2. The topological polar surface area (TPSA) is 117 Å². The Morgan fingerprint density at radius 2 is 2.10 bits per heavy atom. The van der Waals surface area contributed by atoms with E-state index in [1.807, 2.05) is 0 Å². The van der Waals surface area contributed by atoms with Crippen molar-refractivity contribution in [3.63, 3.8) is 0 Å². The first-order chi connectivity index (χ1) is 10.1. The molecule has 0 radical (unpaired) electrons. The Labute approximate surface area is 120 Å². The van der Waals surface area contributed by atoms with Crippen LogP contribution in [0.5, 0.6) is 0 Å². The Morgan fingerprint density at radius 3 is 2.76 bits per heavy atom. The van der Waals surface area contributed by atoms with Gasteiger partial charge in [-0.1, -0.05) is 12.1 Å². The molecule has 0 saturated carbocycles. The van der Waals surface area contributed by atoms with E-state index in [9.17, 15) is 9.59 Å². The zero-order valence-electron chi connectivity index (χ0n) is 11.3. The van der Waals surface area contributed by atoms with Crippen molar-refractivity contribution in [2.75, 3.05) is 18.5 Å². The molecule has 0 fully saturated rings. The van der Waals surface area contributed by atoms with Crippen LogP contribution in [-0.2, 0) is 14.3 Å². The van der Waals surface area contributed by atoms with Crippen molar-refractivity contribution in [3.05, 3.63) is 30.1 Å². The van der Waals surface area contributed by atoms with Crippen LogP contribution in [0.25, 0.3) is 11.4 Å². The van der Waals surface area contributed by atoms with Gasteiger partial charge in [-0.25, -0.2) is 9.78 Å². The summed E-state index contributed by atoms with van der Waals surface area (Å²) in [7, 11) is 0. The van der Waals surface area contributed by atoms with E-state index in [1.165, 1.54) is 0 Å². The number of benzene rings is 1. The number of hydrogen-bond donors (Lipinski definition) is 3. The highest BCUT2D eigenvalue weighted by Crippen LogP contribution is 2.24. The summed E-state index contributed by atoms with van der Waals surface area (Å²) in [5.41, 5.74) is 1.19. The minimum Gasteiger partial charge on any atom is -0.480 e. The number of carbonyl (C=O) groups excluding carboxylic acids is 1. The van der Waals surface area contributed by atoms with Gasteiger partial charge >= 0.3 is 5.97 Å². The van der Waals surface area contributed by atoms with Crippen LogP contribution in [0, 0.1) is 6.92 Å². The minimum atomic E-state index is -1.13. The molecule has 8 heteroatoms. The lowest BCUT2D eigenvalue weighted by Gasteiger charge is -2.08. The average Bonchev–Trinajstić information content (AvgIpc) is 2.85. The summed E-state index contributed by atoms with van der Waals surface area (Å²) >= 11 is 0. The van der Waals surface area contributed by atoms with E-state index in [4.69, 9.17) is 9.84 Å². The summed E-state index contributed by atoms with van der Waals surface area (Å²) < 4.78 is 4.73. The van der Waals surface area contributed by atoms with Crippen molar-refractivity contribution in [2.24, 2.45) is 0 Å². The van der Waals surface area contributed by atoms with E-state index in [2.05, 4.69) is 20.5 Å². The molecule has 1 heterocycles. The highest BCUT2D eigenvalue weighted by Gasteiger charge is 2.12. The van der Waals surface area contributed by atoms with Crippen LogP contribution in [-0.4, -0.2) is 45.4 Å². The number of nitrogens with one attached hydrogen (secondary N) is 2. The quantitative estimate of drug-likeness (QED) is 0.725. The second-order valence-electron chi connectivity index (χ2n) is 4.22. The van der Waals surface area contributed by atoms with Crippen LogP contribution in [0.15, 0.2) is 24.3 Å². The van der Waals surface area contributed by atoms with Gasteiger partial charge in [0.1, 0.15) is 19.0 Å². The summed E-state index contributed by atoms with van der Waals surface area (Å²) in [6.45, 7) is 0.917. The van der Waals surface area contributed by atoms with Crippen molar-refractivity contribution < 1.29 is 19.4 Å². The summed E-state index contributed by atoms with van der Waals surface area (Å²) in [5.74, 6) is -0.443. The molecule has 0 aliphatic rings. The van der Waals surface area contributed by atoms with Crippen molar-refractivity contribution in [1.82, 2.24) is 15.2 Å². The number of carbonyl (C=O) groups is 2. The fourth-order valence-corrected chi connectivity index (χ4v) is 1.67. The average molecular weight is 290 g/mol. The van der Waals surface area contributed by atoms with Crippen molar-refractivity contribution in [1.29, 1.82) is 0 Å². The Kier molecular flexibility index (Phi) is 4.62. The van der Waals surface area contributed by atoms with Gasteiger partial charge in [0.2, 0.25) is 5.91 Å². The Bertz CT molecular complexity index is 653. The Balaban J connectivity index is 2.07. The van der Waals surface area contributed by atoms with Crippen LogP contribution >= 0.6 is 0 Å². The SMILES string of the molecule is Cc1nc(-c2ccccc2NC(=O)COCC(=O)O)n[nH]1. The molecular weight excluding hydrogens is 276 g/mol. The van der Waals surface area contributed by atoms with Gasteiger partial charge in [-0.05, 0) is 19.1 Å². The normalized spacial score (nSPS) is 10.3. The molecule has 21 heavy (non-hydrogen) atoms. The lowest BCUT2D eigenvalue weighted by atomic mass is 10.1. The van der Waals surface area contributed by atoms with E-state index in [0.29, 0.717) is 22.9 Å². The molecule has 1 aromatic carbocycles. The second-order valence-corrected chi connectivity index (χ2v) is 4.22. The van der Waals surface area contributed by atoms with E-state index in [0.717, 1.165) is 0 Å². The number of aromatic nitrogens is 3. The summed E-state index contributed by atoms with van der Waals surface area (Å²) in [4.78, 5) is 26.2. The van der Waals surface area contributed by atoms with Gasteiger partial charge in [-0.2, -0.15) is 5.10 Å². The van der Waals surface area contributed by atoms with Crippen LogP contribution < -0.4 is 5.32 Å². The van der Waals surface area contributed by atoms with Crippen molar-refractivity contribution >= 4 is 17.6 Å². The largest absolute Gasteiger partial charge is 0.480 e. The maximum Gasteiger partial charge on any atom is 0.329 e. The molecule has 0 bridgehead atoms. The fraction of sp³-hybridized carbons (Fsp3) is 0.231. The smallest absolute Gasteiger partial charge is 0.329 e. The number of carboxylic acids is 1. The van der Waals surface area contributed by atoms with Gasteiger partial charge in [0.25, 0.3) is 0 Å². The standard InChI is InChI=1S/C13H14N4O4/c1-8-14-13(17-16-8)9-4-2-3-5-10(9)15-11(18)6-21-7-12(19)20/h2-5H,6-7H2,1H3,(H,15,18)(H,19,20)(H,14,16,17). The number of amides is 1. The maximum atomic E-state index is 11.7. The summed E-state index contributed by atoms with van der Waals surface area (Å²) in [6, 6.07) is 7.04. The van der Waals surface area contributed by atoms with Crippen LogP contribution in [0.4, 0.5) is 5.69 Å². The van der Waals surface area contributed by atoms with Gasteiger partial charge in [-0.3, -0.25) is 9.89 Å². The zero-order valence-corrected chi connectivity index (χ0v) is 11.3. The summed E-state index contributed by atoms with van der Waals surface area (Å²) in [5, 5.41) is 17.8. The van der Waals surface area contributed by atoms with Crippen LogP contribution in [0.3, 0.4) is 0 Å². The van der Waals surface area contributed by atoms with Gasteiger partial charge in [0.05, 0.1) is 5.69 Å². The lowest BCUT2D eigenvalue weighted by molar-refractivity contribution is -0.143.